The van der Waals surface area contributed by atoms with Crippen LogP contribution >= 0.6 is 15.9 Å². The lowest BCUT2D eigenvalue weighted by atomic mass is 10.2. The van der Waals surface area contributed by atoms with Gasteiger partial charge in [-0.05, 0) is 22.0 Å². The first-order chi connectivity index (χ1) is 8.74. The van der Waals surface area contributed by atoms with Gasteiger partial charge in [-0.1, -0.05) is 0 Å². The number of aromatic nitrogens is 1. The Balaban J connectivity index is 2.20. The van der Waals surface area contributed by atoms with Crippen molar-refractivity contribution in [1.29, 1.82) is 5.26 Å². The van der Waals surface area contributed by atoms with E-state index >= 15 is 0 Å². The Bertz CT molecular complexity index is 459. The van der Waals surface area contributed by atoms with Crippen molar-refractivity contribution in [2.75, 3.05) is 38.3 Å². The molecule has 1 atom stereocenters. The molecule has 1 saturated heterocycles. The third-order valence-electron chi connectivity index (χ3n) is 2.77. The maximum Gasteiger partial charge on any atom is 0.163 e. The van der Waals surface area contributed by atoms with E-state index in [0.29, 0.717) is 25.5 Å². The van der Waals surface area contributed by atoms with Crippen LogP contribution in [0.3, 0.4) is 0 Å². The molecule has 18 heavy (non-hydrogen) atoms. The fraction of sp³-hybridized carbons (Fsp3) is 0.500. The number of rotatable bonds is 3. The van der Waals surface area contributed by atoms with Gasteiger partial charge >= 0.3 is 0 Å². The molecule has 0 radical (unpaired) electrons. The van der Waals surface area contributed by atoms with Crippen LogP contribution in [0.15, 0.2) is 16.7 Å². The second-order valence-electron chi connectivity index (χ2n) is 4.03. The van der Waals surface area contributed by atoms with Crippen molar-refractivity contribution >= 4 is 21.6 Å². The molecule has 1 aliphatic rings. The van der Waals surface area contributed by atoms with Crippen LogP contribution in [0.4, 0.5) is 5.69 Å². The molecule has 2 heterocycles. The average Bonchev–Trinajstić information content (AvgIpc) is 2.39. The molecule has 5 nitrogen and oxygen atoms in total. The fourth-order valence-corrected chi connectivity index (χ4v) is 2.30. The highest BCUT2D eigenvalue weighted by atomic mass is 79.9. The lowest BCUT2D eigenvalue weighted by Crippen LogP contribution is -2.44. The standard InChI is InChI=1S/C12H14BrN3O2/c1-17-8-10-7-16(2-3-18-10)12-4-9(13)6-15-11(12)5-14/h4,6,10H,2-3,7-8H2,1H3/t10-/m1/s1. The average molecular weight is 312 g/mol. The zero-order chi connectivity index (χ0) is 13.0. The molecule has 0 spiro atoms. The number of pyridine rings is 1. The molecule has 6 heteroatoms. The number of halogens is 1. The van der Waals surface area contributed by atoms with Gasteiger partial charge in [0.25, 0.3) is 0 Å². The predicted molar refractivity (Wildman–Crippen MR) is 70.5 cm³/mol. The number of morpholine rings is 1. The molecule has 1 aromatic rings. The zero-order valence-electron chi connectivity index (χ0n) is 10.1. The fourth-order valence-electron chi connectivity index (χ4n) is 1.98. The SMILES string of the molecule is COC[C@H]1CN(c2cc(Br)cnc2C#N)CCO1. The lowest BCUT2D eigenvalue weighted by molar-refractivity contribution is -0.0100. The van der Waals surface area contributed by atoms with Crippen molar-refractivity contribution in [3.05, 3.63) is 22.4 Å². The van der Waals surface area contributed by atoms with Crippen LogP contribution in [-0.4, -0.2) is 44.5 Å². The molecule has 1 fully saturated rings. The van der Waals surface area contributed by atoms with E-state index in [1.165, 1.54) is 0 Å². The third kappa shape index (κ3) is 2.99. The van der Waals surface area contributed by atoms with E-state index in [0.717, 1.165) is 16.7 Å². The van der Waals surface area contributed by atoms with E-state index in [-0.39, 0.29) is 6.10 Å². The molecule has 0 aromatic carbocycles. The highest BCUT2D eigenvalue weighted by molar-refractivity contribution is 9.10. The monoisotopic (exact) mass is 311 g/mol. The van der Waals surface area contributed by atoms with E-state index in [1.54, 1.807) is 13.3 Å². The smallest absolute Gasteiger partial charge is 0.163 e. The van der Waals surface area contributed by atoms with Gasteiger partial charge in [0.15, 0.2) is 5.69 Å². The summed E-state index contributed by atoms with van der Waals surface area (Å²) in [4.78, 5) is 6.24. The Labute approximate surface area is 114 Å². The summed E-state index contributed by atoms with van der Waals surface area (Å²) in [5, 5.41) is 9.10. The minimum Gasteiger partial charge on any atom is -0.382 e. The largest absolute Gasteiger partial charge is 0.382 e. The van der Waals surface area contributed by atoms with Crippen molar-refractivity contribution in [3.63, 3.8) is 0 Å². The van der Waals surface area contributed by atoms with Crippen molar-refractivity contribution in [2.45, 2.75) is 6.10 Å². The molecular formula is C12H14BrN3O2. The molecular weight excluding hydrogens is 298 g/mol. The quantitative estimate of drug-likeness (QED) is 0.848. The Morgan fingerprint density at radius 3 is 3.28 bits per heavy atom. The first-order valence-corrected chi connectivity index (χ1v) is 6.45. The molecule has 2 rings (SSSR count). The normalized spacial score (nSPS) is 19.6. The van der Waals surface area contributed by atoms with Crippen molar-refractivity contribution in [1.82, 2.24) is 4.98 Å². The van der Waals surface area contributed by atoms with Crippen molar-refractivity contribution < 1.29 is 9.47 Å². The van der Waals surface area contributed by atoms with Crippen molar-refractivity contribution in [3.8, 4) is 6.07 Å². The minimum absolute atomic E-state index is 0.0364. The highest BCUT2D eigenvalue weighted by Gasteiger charge is 2.23. The van der Waals surface area contributed by atoms with Gasteiger partial charge in [-0.15, -0.1) is 0 Å². The van der Waals surface area contributed by atoms with E-state index < -0.39 is 0 Å². The van der Waals surface area contributed by atoms with Crippen LogP contribution in [0.2, 0.25) is 0 Å². The van der Waals surface area contributed by atoms with Gasteiger partial charge in [0.2, 0.25) is 0 Å². The van der Waals surface area contributed by atoms with Gasteiger partial charge in [-0.3, -0.25) is 0 Å². The third-order valence-corrected chi connectivity index (χ3v) is 3.21. The highest BCUT2D eigenvalue weighted by Crippen LogP contribution is 2.24. The molecule has 1 aliphatic heterocycles. The Morgan fingerprint density at radius 1 is 1.72 bits per heavy atom. The van der Waals surface area contributed by atoms with Gasteiger partial charge in [-0.25, -0.2) is 4.98 Å². The maximum atomic E-state index is 9.10. The van der Waals surface area contributed by atoms with Gasteiger partial charge in [0.05, 0.1) is 25.0 Å². The van der Waals surface area contributed by atoms with E-state index in [4.69, 9.17) is 14.7 Å². The lowest BCUT2D eigenvalue weighted by Gasteiger charge is -2.34. The number of nitriles is 1. The van der Waals surface area contributed by atoms with Crippen LogP contribution in [0.25, 0.3) is 0 Å². The number of hydrogen-bond donors (Lipinski definition) is 0. The summed E-state index contributed by atoms with van der Waals surface area (Å²) in [6.45, 7) is 2.65. The first kappa shape index (κ1) is 13.3. The summed E-state index contributed by atoms with van der Waals surface area (Å²) in [6.07, 6.45) is 1.67. The molecule has 0 bridgehead atoms. The second-order valence-corrected chi connectivity index (χ2v) is 4.94. The van der Waals surface area contributed by atoms with Crippen LogP contribution in [0.1, 0.15) is 5.69 Å². The van der Waals surface area contributed by atoms with Crippen LogP contribution in [0, 0.1) is 11.3 Å². The van der Waals surface area contributed by atoms with Gasteiger partial charge in [0.1, 0.15) is 6.07 Å². The van der Waals surface area contributed by atoms with E-state index in [9.17, 15) is 0 Å². The topological polar surface area (TPSA) is 58.4 Å². The number of nitrogens with zero attached hydrogens (tertiary/aromatic N) is 3. The molecule has 0 unspecified atom stereocenters. The number of hydrogen-bond acceptors (Lipinski definition) is 5. The zero-order valence-corrected chi connectivity index (χ0v) is 11.7. The minimum atomic E-state index is 0.0364. The number of ether oxygens (including phenoxy) is 2. The summed E-state index contributed by atoms with van der Waals surface area (Å²) in [5.41, 5.74) is 1.28. The first-order valence-electron chi connectivity index (χ1n) is 5.65. The van der Waals surface area contributed by atoms with Gasteiger partial charge < -0.3 is 14.4 Å². The van der Waals surface area contributed by atoms with Crippen LogP contribution < -0.4 is 4.90 Å². The number of anilines is 1. The Kier molecular flexibility index (Phi) is 4.53. The van der Waals surface area contributed by atoms with Crippen LogP contribution in [-0.2, 0) is 9.47 Å². The molecule has 1 aromatic heterocycles. The van der Waals surface area contributed by atoms with Crippen molar-refractivity contribution in [2.24, 2.45) is 0 Å². The molecule has 0 N–H and O–H groups in total. The van der Waals surface area contributed by atoms with Gasteiger partial charge in [-0.2, -0.15) is 5.26 Å². The number of methoxy groups -OCH3 is 1. The second kappa shape index (κ2) is 6.14. The summed E-state index contributed by atoms with van der Waals surface area (Å²) in [6, 6.07) is 4.04. The predicted octanol–water partition coefficient (Wildman–Crippen LogP) is 1.57. The summed E-state index contributed by atoms with van der Waals surface area (Å²) in [7, 11) is 1.66. The molecule has 96 valence electrons. The van der Waals surface area contributed by atoms with Crippen LogP contribution in [0.5, 0.6) is 0 Å². The molecule has 0 saturated carbocycles. The molecule has 0 aliphatic carbocycles. The van der Waals surface area contributed by atoms with E-state index in [2.05, 4.69) is 31.9 Å². The summed E-state index contributed by atoms with van der Waals surface area (Å²) < 4.78 is 11.6. The molecule has 0 amide bonds. The summed E-state index contributed by atoms with van der Waals surface area (Å²) in [5.74, 6) is 0. The Morgan fingerprint density at radius 2 is 2.56 bits per heavy atom. The maximum absolute atomic E-state index is 9.10. The Hall–Kier alpha value is -1.16. The van der Waals surface area contributed by atoms with E-state index in [1.807, 2.05) is 6.07 Å². The van der Waals surface area contributed by atoms with Gasteiger partial charge in [0, 0.05) is 30.9 Å². The summed E-state index contributed by atoms with van der Waals surface area (Å²) >= 11 is 3.38.